The van der Waals surface area contributed by atoms with Crippen molar-refractivity contribution in [3.05, 3.63) is 81.9 Å². The first-order chi connectivity index (χ1) is 18.4. The van der Waals surface area contributed by atoms with E-state index in [0.29, 0.717) is 61.3 Å². The minimum absolute atomic E-state index is 0.0140. The third-order valence-electron chi connectivity index (χ3n) is 6.95. The van der Waals surface area contributed by atoms with Crippen LogP contribution in [0, 0.1) is 0 Å². The molecule has 0 radical (unpaired) electrons. The molecule has 38 heavy (non-hydrogen) atoms. The van der Waals surface area contributed by atoms with Gasteiger partial charge in [-0.15, -0.1) is 0 Å². The highest BCUT2D eigenvalue weighted by atomic mass is 16.5. The molecule has 3 heterocycles. The fraction of sp³-hybridized carbons (Fsp3) is 0.379. The van der Waals surface area contributed by atoms with Gasteiger partial charge in [0.15, 0.2) is 11.5 Å². The highest BCUT2D eigenvalue weighted by Crippen LogP contribution is 2.27. The molecule has 4 aromatic rings. The number of fused-ring (bicyclic) bond motifs is 1. The van der Waals surface area contributed by atoms with Gasteiger partial charge in [0.25, 0.3) is 5.91 Å². The Hall–Kier alpha value is -3.82. The number of methoxy groups -OCH3 is 1. The predicted octanol–water partition coefficient (Wildman–Crippen LogP) is 3.84. The standard InChI is InChI=1S/C29H33N5O4/c1-19(2)23-6-4-5-7-24(23)26-30-16-25-27(32-26)34(29(36)31-25)17-20-8-10-21(11-9-20)28(35)33-13-12-22(18-33)38-15-14-37-3/h4-11,16,19,22H,12-15,17-18H2,1-3H3,(H,31,36). The van der Waals surface area contributed by atoms with Gasteiger partial charge < -0.3 is 19.4 Å². The number of likely N-dealkylation sites (tertiary alicyclic amines) is 1. The van der Waals surface area contributed by atoms with E-state index >= 15 is 0 Å². The minimum atomic E-state index is -0.250. The second kappa shape index (κ2) is 11.3. The summed E-state index contributed by atoms with van der Waals surface area (Å²) in [5.41, 5.74) is 4.52. The number of amides is 1. The number of carbonyl (C=O) groups excluding carboxylic acids is 1. The number of imidazole rings is 1. The first-order valence-electron chi connectivity index (χ1n) is 13.0. The molecule has 0 bridgehead atoms. The van der Waals surface area contributed by atoms with Crippen LogP contribution in [0.15, 0.2) is 59.5 Å². The molecule has 1 unspecified atom stereocenters. The molecular formula is C29H33N5O4. The molecule has 9 heteroatoms. The molecule has 0 aliphatic carbocycles. The molecule has 1 aliphatic rings. The van der Waals surface area contributed by atoms with Crippen LogP contribution in [0.5, 0.6) is 0 Å². The Morgan fingerprint density at radius 2 is 1.92 bits per heavy atom. The Bertz CT molecular complexity index is 1470. The Labute approximate surface area is 221 Å². The topological polar surface area (TPSA) is 102 Å². The van der Waals surface area contributed by atoms with Crippen molar-refractivity contribution in [2.45, 2.75) is 38.8 Å². The summed E-state index contributed by atoms with van der Waals surface area (Å²) in [5.74, 6) is 0.889. The zero-order valence-corrected chi connectivity index (χ0v) is 22.0. The molecule has 0 spiro atoms. The molecule has 9 nitrogen and oxygen atoms in total. The average Bonchev–Trinajstić information content (AvgIpc) is 3.53. The second-order valence-corrected chi connectivity index (χ2v) is 9.91. The lowest BCUT2D eigenvalue weighted by Gasteiger charge is -2.17. The zero-order valence-electron chi connectivity index (χ0n) is 22.0. The summed E-state index contributed by atoms with van der Waals surface area (Å²) < 4.78 is 12.4. The molecule has 5 rings (SSSR count). The molecule has 1 atom stereocenters. The molecule has 1 aliphatic heterocycles. The number of nitrogens with one attached hydrogen (secondary N) is 1. The molecule has 1 fully saturated rings. The van der Waals surface area contributed by atoms with E-state index in [1.54, 1.807) is 17.9 Å². The van der Waals surface area contributed by atoms with E-state index in [0.717, 1.165) is 23.1 Å². The van der Waals surface area contributed by atoms with Crippen LogP contribution < -0.4 is 5.69 Å². The first-order valence-corrected chi connectivity index (χ1v) is 13.0. The number of rotatable bonds is 9. The van der Waals surface area contributed by atoms with Crippen LogP contribution >= 0.6 is 0 Å². The van der Waals surface area contributed by atoms with Gasteiger partial charge in [0, 0.05) is 31.3 Å². The average molecular weight is 516 g/mol. The highest BCUT2D eigenvalue weighted by Gasteiger charge is 2.27. The summed E-state index contributed by atoms with van der Waals surface area (Å²) in [6.45, 7) is 6.93. The van der Waals surface area contributed by atoms with Crippen LogP contribution in [0.3, 0.4) is 0 Å². The lowest BCUT2D eigenvalue weighted by molar-refractivity contribution is 0.0218. The lowest BCUT2D eigenvalue weighted by atomic mass is 9.97. The van der Waals surface area contributed by atoms with E-state index in [2.05, 4.69) is 29.9 Å². The van der Waals surface area contributed by atoms with Gasteiger partial charge in [0.05, 0.1) is 32.1 Å². The maximum atomic E-state index is 13.0. The van der Waals surface area contributed by atoms with Crippen molar-refractivity contribution in [3.63, 3.8) is 0 Å². The van der Waals surface area contributed by atoms with Gasteiger partial charge >= 0.3 is 5.69 Å². The summed E-state index contributed by atoms with van der Waals surface area (Å²) in [6, 6.07) is 15.5. The number of hydrogen-bond acceptors (Lipinski definition) is 6. The number of H-pyrrole nitrogens is 1. The van der Waals surface area contributed by atoms with Crippen LogP contribution in [0.4, 0.5) is 0 Å². The van der Waals surface area contributed by atoms with Crippen molar-refractivity contribution in [2.24, 2.45) is 0 Å². The van der Waals surface area contributed by atoms with Crippen molar-refractivity contribution in [2.75, 3.05) is 33.4 Å². The van der Waals surface area contributed by atoms with E-state index in [1.807, 2.05) is 47.4 Å². The number of benzene rings is 2. The van der Waals surface area contributed by atoms with Crippen molar-refractivity contribution >= 4 is 17.1 Å². The van der Waals surface area contributed by atoms with Crippen molar-refractivity contribution in [1.82, 2.24) is 24.4 Å². The second-order valence-electron chi connectivity index (χ2n) is 9.91. The number of nitrogens with zero attached hydrogens (tertiary/aromatic N) is 4. The van der Waals surface area contributed by atoms with Gasteiger partial charge in [-0.3, -0.25) is 9.36 Å². The Morgan fingerprint density at radius 1 is 1.13 bits per heavy atom. The third kappa shape index (κ3) is 5.39. The van der Waals surface area contributed by atoms with Gasteiger partial charge in [-0.1, -0.05) is 50.2 Å². The first kappa shape index (κ1) is 25.8. The normalized spacial score (nSPS) is 15.6. The van der Waals surface area contributed by atoms with Gasteiger partial charge in [-0.25, -0.2) is 14.8 Å². The lowest BCUT2D eigenvalue weighted by Crippen LogP contribution is -2.30. The monoisotopic (exact) mass is 515 g/mol. The van der Waals surface area contributed by atoms with E-state index in [-0.39, 0.29) is 17.7 Å². The maximum absolute atomic E-state index is 13.0. The number of ether oxygens (including phenoxy) is 2. The van der Waals surface area contributed by atoms with Crippen molar-refractivity contribution in [3.8, 4) is 11.4 Å². The minimum Gasteiger partial charge on any atom is -0.382 e. The molecule has 1 N–H and O–H groups in total. The van der Waals surface area contributed by atoms with Gasteiger partial charge in [-0.05, 0) is 35.6 Å². The smallest absolute Gasteiger partial charge is 0.328 e. The third-order valence-corrected chi connectivity index (χ3v) is 6.95. The maximum Gasteiger partial charge on any atom is 0.328 e. The number of hydrogen-bond donors (Lipinski definition) is 1. The van der Waals surface area contributed by atoms with E-state index in [1.165, 1.54) is 0 Å². The summed E-state index contributed by atoms with van der Waals surface area (Å²) in [7, 11) is 1.64. The summed E-state index contributed by atoms with van der Waals surface area (Å²) >= 11 is 0. The predicted molar refractivity (Wildman–Crippen MR) is 145 cm³/mol. The molecule has 1 amide bonds. The van der Waals surface area contributed by atoms with Crippen LogP contribution in [-0.4, -0.2) is 69.8 Å². The molecule has 0 saturated carbocycles. The SMILES string of the molecule is COCCOC1CCN(C(=O)c2ccc(Cn3c(=O)[nH]c4cnc(-c5ccccc5C(C)C)nc43)cc2)C1. The fourth-order valence-electron chi connectivity index (χ4n) is 4.89. The summed E-state index contributed by atoms with van der Waals surface area (Å²) in [6.07, 6.45) is 2.53. The fourth-order valence-corrected chi connectivity index (χ4v) is 4.89. The number of aromatic nitrogens is 4. The van der Waals surface area contributed by atoms with Crippen LogP contribution in [0.1, 0.15) is 47.7 Å². The highest BCUT2D eigenvalue weighted by molar-refractivity contribution is 5.94. The molecule has 2 aromatic carbocycles. The summed E-state index contributed by atoms with van der Waals surface area (Å²) in [5, 5.41) is 0. The zero-order chi connectivity index (χ0) is 26.6. The van der Waals surface area contributed by atoms with Gasteiger partial charge in [-0.2, -0.15) is 0 Å². The Morgan fingerprint density at radius 3 is 2.68 bits per heavy atom. The molecule has 198 valence electrons. The van der Waals surface area contributed by atoms with Crippen molar-refractivity contribution in [1.29, 1.82) is 0 Å². The Kier molecular flexibility index (Phi) is 7.67. The number of carbonyl (C=O) groups is 1. The largest absolute Gasteiger partial charge is 0.382 e. The van der Waals surface area contributed by atoms with Gasteiger partial charge in [0.2, 0.25) is 0 Å². The number of aromatic amines is 1. The molecule has 1 saturated heterocycles. The summed E-state index contributed by atoms with van der Waals surface area (Å²) in [4.78, 5) is 39.8. The van der Waals surface area contributed by atoms with Crippen LogP contribution in [-0.2, 0) is 16.0 Å². The van der Waals surface area contributed by atoms with Crippen molar-refractivity contribution < 1.29 is 14.3 Å². The molecular weight excluding hydrogens is 482 g/mol. The Balaban J connectivity index is 1.33. The van der Waals surface area contributed by atoms with E-state index in [4.69, 9.17) is 14.5 Å². The van der Waals surface area contributed by atoms with Gasteiger partial charge in [0.1, 0.15) is 5.52 Å². The van der Waals surface area contributed by atoms with Crippen LogP contribution in [0.2, 0.25) is 0 Å². The molecule has 2 aromatic heterocycles. The quantitative estimate of drug-likeness (QED) is 0.340. The van der Waals surface area contributed by atoms with Crippen LogP contribution in [0.25, 0.3) is 22.6 Å². The van der Waals surface area contributed by atoms with E-state index in [9.17, 15) is 9.59 Å². The van der Waals surface area contributed by atoms with E-state index < -0.39 is 0 Å².